The summed E-state index contributed by atoms with van der Waals surface area (Å²) in [7, 11) is 0. The lowest BCUT2D eigenvalue weighted by Crippen LogP contribution is -2.32. The van der Waals surface area contributed by atoms with Crippen LogP contribution in [0.5, 0.6) is 0 Å². The van der Waals surface area contributed by atoms with Crippen molar-refractivity contribution in [3.05, 3.63) is 34.6 Å². The number of carbonyl (C=O) groups is 1. The van der Waals surface area contributed by atoms with E-state index in [4.69, 9.17) is 0 Å². The predicted molar refractivity (Wildman–Crippen MR) is 95.0 cm³/mol. The summed E-state index contributed by atoms with van der Waals surface area (Å²) in [6.45, 7) is 8.34. The van der Waals surface area contributed by atoms with E-state index in [0.717, 1.165) is 6.42 Å². The summed E-state index contributed by atoms with van der Waals surface area (Å²) in [5.41, 5.74) is 0.623. The fourth-order valence-corrected chi connectivity index (χ4v) is 3.34. The quantitative estimate of drug-likeness (QED) is 0.652. The van der Waals surface area contributed by atoms with E-state index in [1.165, 1.54) is 11.8 Å². The molecular weight excluding hydrogens is 310 g/mol. The molecule has 0 aliphatic carbocycles. The molecule has 1 aromatic heterocycles. The molecule has 5 nitrogen and oxygen atoms in total. The molecule has 1 N–H and O–H groups in total. The van der Waals surface area contributed by atoms with E-state index >= 15 is 0 Å². The molecule has 0 saturated heterocycles. The van der Waals surface area contributed by atoms with E-state index in [-0.39, 0.29) is 22.8 Å². The van der Waals surface area contributed by atoms with Crippen LogP contribution >= 0.6 is 11.8 Å². The van der Waals surface area contributed by atoms with Gasteiger partial charge in [0.15, 0.2) is 5.16 Å². The van der Waals surface area contributed by atoms with Gasteiger partial charge in [0.25, 0.3) is 5.56 Å². The van der Waals surface area contributed by atoms with Crippen molar-refractivity contribution in [1.82, 2.24) is 14.9 Å². The van der Waals surface area contributed by atoms with Crippen LogP contribution in [0.15, 0.2) is 34.2 Å². The largest absolute Gasteiger partial charge is 0.355 e. The number of para-hydroxylation sites is 1. The highest BCUT2D eigenvalue weighted by atomic mass is 32.2. The Hall–Kier alpha value is -1.82. The van der Waals surface area contributed by atoms with Gasteiger partial charge >= 0.3 is 0 Å². The number of benzene rings is 1. The molecule has 0 saturated carbocycles. The molecule has 0 aliphatic rings. The molecule has 124 valence electrons. The van der Waals surface area contributed by atoms with Gasteiger partial charge in [0.1, 0.15) is 0 Å². The van der Waals surface area contributed by atoms with Crippen LogP contribution in [0.25, 0.3) is 10.9 Å². The lowest BCUT2D eigenvalue weighted by Gasteiger charge is -2.20. The van der Waals surface area contributed by atoms with E-state index in [0.29, 0.717) is 22.6 Å². The minimum absolute atomic E-state index is 0.0311. The summed E-state index contributed by atoms with van der Waals surface area (Å²) in [5, 5.41) is 3.71. The van der Waals surface area contributed by atoms with Crippen molar-refractivity contribution < 1.29 is 4.79 Å². The van der Waals surface area contributed by atoms with Crippen LogP contribution in [-0.4, -0.2) is 27.3 Å². The van der Waals surface area contributed by atoms with Crippen LogP contribution in [0.2, 0.25) is 0 Å². The number of hydrogen-bond donors (Lipinski definition) is 1. The van der Waals surface area contributed by atoms with Gasteiger partial charge in [-0.05, 0) is 39.3 Å². The first-order chi connectivity index (χ1) is 11.0. The number of aromatic nitrogens is 2. The first kappa shape index (κ1) is 17.5. The number of amides is 1. The lowest BCUT2D eigenvalue weighted by atomic mass is 10.2. The first-order valence-electron chi connectivity index (χ1n) is 7.95. The highest BCUT2D eigenvalue weighted by molar-refractivity contribution is 8.00. The third-order valence-electron chi connectivity index (χ3n) is 3.81. The summed E-state index contributed by atoms with van der Waals surface area (Å²) in [6, 6.07) is 7.37. The van der Waals surface area contributed by atoms with Gasteiger partial charge in [-0.3, -0.25) is 14.2 Å². The molecule has 0 bridgehead atoms. The van der Waals surface area contributed by atoms with E-state index < -0.39 is 0 Å². The van der Waals surface area contributed by atoms with Gasteiger partial charge in [0.2, 0.25) is 5.91 Å². The first-order valence-corrected chi connectivity index (χ1v) is 8.83. The minimum atomic E-state index is -0.307. The number of nitrogens with one attached hydrogen (secondary N) is 1. The second-order valence-electron chi connectivity index (χ2n) is 5.50. The van der Waals surface area contributed by atoms with Gasteiger partial charge in [0, 0.05) is 12.6 Å². The van der Waals surface area contributed by atoms with Crippen LogP contribution in [0, 0.1) is 0 Å². The average Bonchev–Trinajstić information content (AvgIpc) is 2.54. The van der Waals surface area contributed by atoms with Crippen LogP contribution in [-0.2, 0) is 4.79 Å². The normalized spacial score (nSPS) is 13.7. The molecule has 2 aromatic rings. The van der Waals surface area contributed by atoms with Crippen LogP contribution in [0.3, 0.4) is 0 Å². The standard InChI is InChI=1S/C17H23N3O2S/c1-5-11(3)20-16(22)13-9-7-8-10-14(13)19-17(20)23-12(4)15(21)18-6-2/h7-12H,5-6H2,1-4H3,(H,18,21)/t11-,12-/m1/s1. The van der Waals surface area contributed by atoms with Crippen molar-refractivity contribution in [3.8, 4) is 0 Å². The molecule has 2 rings (SSSR count). The van der Waals surface area contributed by atoms with Gasteiger partial charge in [-0.1, -0.05) is 30.8 Å². The SMILES string of the molecule is CCNC(=O)[C@@H](C)Sc1nc2ccccc2c(=O)n1[C@H](C)CC. The molecule has 0 spiro atoms. The lowest BCUT2D eigenvalue weighted by molar-refractivity contribution is -0.120. The van der Waals surface area contributed by atoms with Gasteiger partial charge in [-0.15, -0.1) is 0 Å². The van der Waals surface area contributed by atoms with E-state index in [1.807, 2.05) is 45.9 Å². The Kier molecular flexibility index (Phi) is 5.82. The smallest absolute Gasteiger partial charge is 0.262 e. The van der Waals surface area contributed by atoms with Gasteiger partial charge in [-0.2, -0.15) is 0 Å². The Bertz CT molecular complexity index is 757. The molecule has 0 unspecified atom stereocenters. The monoisotopic (exact) mass is 333 g/mol. The molecule has 0 aliphatic heterocycles. The molecule has 0 fully saturated rings. The second kappa shape index (κ2) is 7.64. The average molecular weight is 333 g/mol. The minimum Gasteiger partial charge on any atom is -0.355 e. The van der Waals surface area contributed by atoms with Gasteiger partial charge in [0.05, 0.1) is 16.2 Å². The van der Waals surface area contributed by atoms with Crippen LogP contribution < -0.4 is 10.9 Å². The Balaban J connectivity index is 2.52. The number of thioether (sulfide) groups is 1. The van der Waals surface area contributed by atoms with Crippen molar-refractivity contribution >= 4 is 28.6 Å². The number of hydrogen-bond acceptors (Lipinski definition) is 4. The van der Waals surface area contributed by atoms with Gasteiger partial charge in [-0.25, -0.2) is 4.98 Å². The van der Waals surface area contributed by atoms with Gasteiger partial charge < -0.3 is 5.32 Å². The molecule has 2 atom stereocenters. The molecule has 0 radical (unpaired) electrons. The van der Waals surface area contributed by atoms with Crippen molar-refractivity contribution in [3.63, 3.8) is 0 Å². The molecule has 23 heavy (non-hydrogen) atoms. The van der Waals surface area contributed by atoms with Crippen LogP contribution in [0.1, 0.15) is 40.2 Å². The highest BCUT2D eigenvalue weighted by Gasteiger charge is 2.20. The van der Waals surface area contributed by atoms with Crippen molar-refractivity contribution in [1.29, 1.82) is 0 Å². The fraction of sp³-hybridized carbons (Fsp3) is 0.471. The zero-order chi connectivity index (χ0) is 17.0. The fourth-order valence-electron chi connectivity index (χ4n) is 2.31. The van der Waals surface area contributed by atoms with E-state index in [1.54, 1.807) is 10.6 Å². The van der Waals surface area contributed by atoms with Crippen molar-refractivity contribution in [2.45, 2.75) is 50.6 Å². The topological polar surface area (TPSA) is 64.0 Å². The molecule has 1 heterocycles. The predicted octanol–water partition coefficient (Wildman–Crippen LogP) is 2.98. The maximum Gasteiger partial charge on any atom is 0.262 e. The maximum absolute atomic E-state index is 12.8. The summed E-state index contributed by atoms with van der Waals surface area (Å²) in [5.74, 6) is -0.0457. The highest BCUT2D eigenvalue weighted by Crippen LogP contribution is 2.25. The van der Waals surface area contributed by atoms with Crippen molar-refractivity contribution in [2.75, 3.05) is 6.54 Å². The zero-order valence-corrected chi connectivity index (χ0v) is 14.8. The number of fused-ring (bicyclic) bond motifs is 1. The number of nitrogens with zero attached hydrogens (tertiary/aromatic N) is 2. The maximum atomic E-state index is 12.8. The summed E-state index contributed by atoms with van der Waals surface area (Å²) < 4.78 is 1.71. The van der Waals surface area contributed by atoms with E-state index in [2.05, 4.69) is 10.3 Å². The third-order valence-corrected chi connectivity index (χ3v) is 4.88. The Morgan fingerprint density at radius 3 is 2.65 bits per heavy atom. The number of carbonyl (C=O) groups excluding carboxylic acids is 1. The molecule has 1 amide bonds. The van der Waals surface area contributed by atoms with Crippen molar-refractivity contribution in [2.24, 2.45) is 0 Å². The summed E-state index contributed by atoms with van der Waals surface area (Å²) in [4.78, 5) is 29.5. The third kappa shape index (κ3) is 3.75. The molecule has 6 heteroatoms. The summed E-state index contributed by atoms with van der Waals surface area (Å²) in [6.07, 6.45) is 0.822. The second-order valence-corrected chi connectivity index (χ2v) is 6.81. The Morgan fingerprint density at radius 2 is 2.00 bits per heavy atom. The number of rotatable bonds is 6. The zero-order valence-electron chi connectivity index (χ0n) is 14.0. The Morgan fingerprint density at radius 1 is 1.30 bits per heavy atom. The van der Waals surface area contributed by atoms with E-state index in [9.17, 15) is 9.59 Å². The summed E-state index contributed by atoms with van der Waals surface area (Å²) >= 11 is 1.33. The van der Waals surface area contributed by atoms with Crippen LogP contribution in [0.4, 0.5) is 0 Å². The molecule has 1 aromatic carbocycles. The molecular formula is C17H23N3O2S. The Labute approximate surface area is 140 Å².